The molecule has 0 fully saturated rings. The fraction of sp³-hybridized carbons (Fsp3) is 0.654. The Kier molecular flexibility index (Phi) is 10.2. The van der Waals surface area contributed by atoms with Gasteiger partial charge >= 0.3 is 5.97 Å². The highest BCUT2D eigenvalue weighted by atomic mass is 32.1. The molecule has 190 valence electrons. The summed E-state index contributed by atoms with van der Waals surface area (Å²) in [4.78, 5) is 30.4. The van der Waals surface area contributed by atoms with E-state index in [1.54, 1.807) is 32.1 Å². The highest BCUT2D eigenvalue weighted by molar-refractivity contribution is 7.09. The van der Waals surface area contributed by atoms with E-state index in [9.17, 15) is 19.8 Å². The third-order valence-electron chi connectivity index (χ3n) is 6.73. The van der Waals surface area contributed by atoms with E-state index in [1.807, 2.05) is 39.2 Å². The van der Waals surface area contributed by atoms with Gasteiger partial charge in [0.05, 0.1) is 34.7 Å². The first-order valence-corrected chi connectivity index (χ1v) is 12.8. The quantitative estimate of drug-likeness (QED) is 0.425. The van der Waals surface area contributed by atoms with Crippen molar-refractivity contribution in [3.63, 3.8) is 0 Å². The van der Waals surface area contributed by atoms with Crippen LogP contribution < -0.4 is 5.32 Å². The Morgan fingerprint density at radius 1 is 1.26 bits per heavy atom. The lowest BCUT2D eigenvalue weighted by Gasteiger charge is -2.34. The second kappa shape index (κ2) is 12.2. The van der Waals surface area contributed by atoms with Gasteiger partial charge in [-0.25, -0.2) is 4.98 Å². The minimum absolute atomic E-state index is 0.288. The molecular weight excluding hydrogens is 452 g/mol. The van der Waals surface area contributed by atoms with Crippen LogP contribution in [0.3, 0.4) is 0 Å². The van der Waals surface area contributed by atoms with Gasteiger partial charge in [0, 0.05) is 23.8 Å². The molecule has 0 saturated carbocycles. The zero-order valence-electron chi connectivity index (χ0n) is 21.4. The van der Waals surface area contributed by atoms with E-state index < -0.39 is 35.6 Å². The van der Waals surface area contributed by atoms with Crippen LogP contribution in [-0.4, -0.2) is 57.8 Å². The highest BCUT2D eigenvalue weighted by Gasteiger charge is 2.42. The minimum atomic E-state index is -1.23. The van der Waals surface area contributed by atoms with E-state index in [2.05, 4.69) is 16.4 Å². The molecule has 0 aromatic carbocycles. The van der Waals surface area contributed by atoms with Crippen molar-refractivity contribution in [3.05, 3.63) is 33.3 Å². The largest absolute Gasteiger partial charge is 0.457 e. The molecule has 0 saturated heterocycles. The standard InChI is InChI=1S/C26H40N2O5S/c1-15-8-9-21(16(2)12-20-14-34-19(5)28-20)33-23(30)13-22(29)26(6,7)25(32)17(3)24(31)18(4)27-11-10-15/h8,12,14,17-18,21-22,24,27,29,31H,9-11,13H2,1-7H3/t17-,18+,21?,22-,24+/m0/s1. The number of aliphatic hydroxyl groups excluding tert-OH is 2. The third-order valence-corrected chi connectivity index (χ3v) is 7.52. The number of ether oxygens (including phenoxy) is 1. The number of carbonyl (C=O) groups excluding carboxylic acids is 2. The van der Waals surface area contributed by atoms with E-state index in [-0.39, 0.29) is 18.2 Å². The van der Waals surface area contributed by atoms with E-state index in [0.717, 1.165) is 28.3 Å². The summed E-state index contributed by atoms with van der Waals surface area (Å²) in [5.74, 6) is -1.56. The monoisotopic (exact) mass is 492 g/mol. The number of thiazole rings is 1. The van der Waals surface area contributed by atoms with Gasteiger partial charge in [0.2, 0.25) is 0 Å². The van der Waals surface area contributed by atoms with Crippen LogP contribution in [0.5, 0.6) is 0 Å². The van der Waals surface area contributed by atoms with Crippen LogP contribution in [0.25, 0.3) is 6.08 Å². The molecule has 34 heavy (non-hydrogen) atoms. The number of ketones is 1. The molecule has 0 spiro atoms. The Hall–Kier alpha value is -1.87. The van der Waals surface area contributed by atoms with Crippen molar-refractivity contribution in [2.24, 2.45) is 11.3 Å². The summed E-state index contributed by atoms with van der Waals surface area (Å²) in [7, 11) is 0. The van der Waals surface area contributed by atoms with Crippen molar-refractivity contribution >= 4 is 29.2 Å². The average molecular weight is 493 g/mol. The minimum Gasteiger partial charge on any atom is -0.457 e. The summed E-state index contributed by atoms with van der Waals surface area (Å²) in [6, 6.07) is -0.294. The van der Waals surface area contributed by atoms with Crippen molar-refractivity contribution < 1.29 is 24.5 Å². The van der Waals surface area contributed by atoms with Crippen LogP contribution >= 0.6 is 11.3 Å². The molecule has 1 unspecified atom stereocenters. The molecule has 1 aromatic heterocycles. The second-order valence-corrected chi connectivity index (χ2v) is 11.1. The predicted octanol–water partition coefficient (Wildman–Crippen LogP) is 3.83. The number of aliphatic hydroxyl groups is 2. The van der Waals surface area contributed by atoms with Crippen LogP contribution in [0.2, 0.25) is 0 Å². The number of nitrogens with one attached hydrogen (secondary N) is 1. The number of Topliss-reactive ketones (excluding diaryl/α,β-unsaturated/α-hetero) is 1. The van der Waals surface area contributed by atoms with Gasteiger partial charge < -0.3 is 20.3 Å². The SMILES string of the molecule is CC1=CCC(C(C)=Cc2csc(C)n2)OC(=O)C[C@H](O)C(C)(C)C(=O)[C@@H](C)[C@@H](O)[C@@H](C)NCC1. The van der Waals surface area contributed by atoms with Gasteiger partial charge in [0.1, 0.15) is 11.9 Å². The second-order valence-electron chi connectivity index (χ2n) is 10.0. The Morgan fingerprint density at radius 3 is 2.56 bits per heavy atom. The highest BCUT2D eigenvalue weighted by Crippen LogP contribution is 2.30. The van der Waals surface area contributed by atoms with Gasteiger partial charge in [0.25, 0.3) is 0 Å². The first-order chi connectivity index (χ1) is 15.8. The molecule has 1 aromatic rings. The summed E-state index contributed by atoms with van der Waals surface area (Å²) < 4.78 is 5.79. The molecular formula is C26H40N2O5S. The maximum atomic E-state index is 13.1. The average Bonchev–Trinajstić information content (AvgIpc) is 3.18. The molecule has 5 atom stereocenters. The maximum Gasteiger partial charge on any atom is 0.309 e. The number of hydrogen-bond acceptors (Lipinski definition) is 8. The molecule has 0 amide bonds. The van der Waals surface area contributed by atoms with E-state index in [0.29, 0.717) is 13.0 Å². The zero-order valence-corrected chi connectivity index (χ0v) is 22.2. The van der Waals surface area contributed by atoms with Gasteiger partial charge in [-0.05, 0) is 52.3 Å². The first-order valence-electron chi connectivity index (χ1n) is 11.9. The summed E-state index contributed by atoms with van der Waals surface area (Å²) in [6.45, 7) is 13.2. The van der Waals surface area contributed by atoms with E-state index in [4.69, 9.17) is 4.74 Å². The number of cyclic esters (lactones) is 1. The molecule has 0 radical (unpaired) electrons. The Balaban J connectivity index is 2.33. The van der Waals surface area contributed by atoms with E-state index in [1.165, 1.54) is 0 Å². The predicted molar refractivity (Wildman–Crippen MR) is 135 cm³/mol. The summed E-state index contributed by atoms with van der Waals surface area (Å²) in [5.41, 5.74) is 1.59. The third kappa shape index (κ3) is 7.57. The summed E-state index contributed by atoms with van der Waals surface area (Å²) in [5, 5.41) is 27.7. The van der Waals surface area contributed by atoms with Gasteiger partial charge in [-0.1, -0.05) is 32.4 Å². The molecule has 1 aliphatic rings. The number of aromatic nitrogens is 1. The van der Waals surface area contributed by atoms with Crippen LogP contribution in [0.15, 0.2) is 22.6 Å². The van der Waals surface area contributed by atoms with Crippen molar-refractivity contribution in [2.75, 3.05) is 6.54 Å². The van der Waals surface area contributed by atoms with Gasteiger partial charge in [-0.15, -0.1) is 11.3 Å². The van der Waals surface area contributed by atoms with Gasteiger partial charge in [-0.2, -0.15) is 0 Å². The summed E-state index contributed by atoms with van der Waals surface area (Å²) >= 11 is 1.56. The Morgan fingerprint density at radius 2 is 1.94 bits per heavy atom. The lowest BCUT2D eigenvalue weighted by molar-refractivity contribution is -0.154. The molecule has 0 aliphatic carbocycles. The number of nitrogens with zero attached hydrogens (tertiary/aromatic N) is 1. The maximum absolute atomic E-state index is 13.1. The Labute approximate surface area is 207 Å². The summed E-state index contributed by atoms with van der Waals surface area (Å²) in [6.07, 6.45) is 2.28. The fourth-order valence-corrected chi connectivity index (χ4v) is 4.66. The number of esters is 1. The lowest BCUT2D eigenvalue weighted by Crippen LogP contribution is -2.49. The number of carbonyl (C=O) groups is 2. The molecule has 7 nitrogen and oxygen atoms in total. The fourth-order valence-electron chi connectivity index (χ4n) is 4.09. The molecule has 3 N–H and O–H groups in total. The number of aryl methyl sites for hydroxylation is 1. The van der Waals surface area contributed by atoms with Crippen LogP contribution in [0.4, 0.5) is 0 Å². The van der Waals surface area contributed by atoms with Gasteiger partial charge in [-0.3, -0.25) is 9.59 Å². The molecule has 2 heterocycles. The van der Waals surface area contributed by atoms with Crippen molar-refractivity contribution in [1.82, 2.24) is 10.3 Å². The van der Waals surface area contributed by atoms with Crippen molar-refractivity contribution in [2.45, 2.75) is 92.1 Å². The van der Waals surface area contributed by atoms with Gasteiger partial charge in [0.15, 0.2) is 0 Å². The zero-order chi connectivity index (χ0) is 25.6. The van der Waals surface area contributed by atoms with Crippen LogP contribution in [0, 0.1) is 18.3 Å². The van der Waals surface area contributed by atoms with Crippen molar-refractivity contribution in [1.29, 1.82) is 0 Å². The first kappa shape index (κ1) is 28.4. The number of rotatable bonds is 2. The Bertz CT molecular complexity index is 920. The molecule has 1 aliphatic heterocycles. The van der Waals surface area contributed by atoms with Crippen LogP contribution in [-0.2, 0) is 14.3 Å². The number of hydrogen-bond donors (Lipinski definition) is 3. The van der Waals surface area contributed by atoms with E-state index >= 15 is 0 Å². The molecule has 2 rings (SSSR count). The normalized spacial score (nSPS) is 30.6. The van der Waals surface area contributed by atoms with Crippen LogP contribution in [0.1, 0.15) is 71.5 Å². The topological polar surface area (TPSA) is 109 Å². The molecule has 8 heteroatoms. The lowest BCUT2D eigenvalue weighted by atomic mass is 9.74. The van der Waals surface area contributed by atoms with Crippen molar-refractivity contribution in [3.8, 4) is 0 Å². The molecule has 0 bridgehead atoms. The smallest absolute Gasteiger partial charge is 0.309 e.